The molecule has 1 heterocycles. The van der Waals surface area contributed by atoms with Crippen LogP contribution in [-0.4, -0.2) is 23.4 Å². The Balaban J connectivity index is 1.41. The molecule has 2 N–H and O–H groups in total. The second kappa shape index (κ2) is 10.8. The first kappa shape index (κ1) is 21.0. The number of benzene rings is 2. The summed E-state index contributed by atoms with van der Waals surface area (Å²) in [7, 11) is 0. The van der Waals surface area contributed by atoms with E-state index in [4.69, 9.17) is 4.74 Å². The summed E-state index contributed by atoms with van der Waals surface area (Å²) in [6.45, 7) is 2.87. The van der Waals surface area contributed by atoms with Gasteiger partial charge in [-0.25, -0.2) is 0 Å². The number of anilines is 1. The molecule has 0 atom stereocenters. The number of nitrogens with one attached hydrogen (secondary N) is 2. The predicted molar refractivity (Wildman–Crippen MR) is 116 cm³/mol. The number of hydrogen-bond acceptors (Lipinski definition) is 4. The van der Waals surface area contributed by atoms with Crippen LogP contribution in [0.15, 0.2) is 73.1 Å². The third-order valence-corrected chi connectivity index (χ3v) is 4.43. The van der Waals surface area contributed by atoms with Crippen LogP contribution in [0.2, 0.25) is 0 Å². The van der Waals surface area contributed by atoms with Crippen molar-refractivity contribution >= 4 is 17.5 Å². The summed E-state index contributed by atoms with van der Waals surface area (Å²) in [5.41, 5.74) is 3.29. The number of nitrogens with zero attached hydrogens (tertiary/aromatic N) is 1. The largest absolute Gasteiger partial charge is 0.494 e. The van der Waals surface area contributed by atoms with Crippen LogP contribution < -0.4 is 15.4 Å². The van der Waals surface area contributed by atoms with E-state index < -0.39 is 0 Å². The molecule has 3 rings (SSSR count). The minimum Gasteiger partial charge on any atom is -0.494 e. The van der Waals surface area contributed by atoms with Gasteiger partial charge in [0.2, 0.25) is 5.91 Å². The zero-order valence-electron chi connectivity index (χ0n) is 16.9. The van der Waals surface area contributed by atoms with Crippen molar-refractivity contribution in [2.24, 2.45) is 0 Å². The summed E-state index contributed by atoms with van der Waals surface area (Å²) in [5.74, 6) is 0.548. The van der Waals surface area contributed by atoms with E-state index >= 15 is 0 Å². The molecule has 1 aromatic heterocycles. The van der Waals surface area contributed by atoms with Gasteiger partial charge >= 0.3 is 0 Å². The number of aromatic nitrogens is 1. The summed E-state index contributed by atoms with van der Waals surface area (Å²) >= 11 is 0. The molecule has 0 saturated heterocycles. The van der Waals surface area contributed by atoms with Crippen molar-refractivity contribution in [2.75, 3.05) is 11.9 Å². The lowest BCUT2D eigenvalue weighted by Gasteiger charge is -2.09. The van der Waals surface area contributed by atoms with Crippen LogP contribution in [0, 0.1) is 6.92 Å². The second-order valence-corrected chi connectivity index (χ2v) is 6.94. The minimum atomic E-state index is -0.189. The summed E-state index contributed by atoms with van der Waals surface area (Å²) in [6, 6.07) is 18.7. The fourth-order valence-electron chi connectivity index (χ4n) is 2.82. The highest BCUT2D eigenvalue weighted by Crippen LogP contribution is 2.13. The monoisotopic (exact) mass is 403 g/mol. The molecule has 0 bridgehead atoms. The van der Waals surface area contributed by atoms with Gasteiger partial charge in [-0.3, -0.25) is 14.6 Å². The van der Waals surface area contributed by atoms with Gasteiger partial charge in [-0.05, 0) is 55.3 Å². The topological polar surface area (TPSA) is 80.3 Å². The molecule has 0 fully saturated rings. The molecule has 3 aromatic rings. The Kier molecular flexibility index (Phi) is 7.55. The first-order valence-electron chi connectivity index (χ1n) is 9.86. The normalized spacial score (nSPS) is 10.3. The minimum absolute atomic E-state index is 0.0703. The zero-order chi connectivity index (χ0) is 21.2. The maximum Gasteiger partial charge on any atom is 0.253 e. The van der Waals surface area contributed by atoms with Gasteiger partial charge in [0.25, 0.3) is 5.91 Å². The number of amides is 2. The van der Waals surface area contributed by atoms with Crippen LogP contribution in [0.5, 0.6) is 5.75 Å². The molecule has 0 radical (unpaired) electrons. The van der Waals surface area contributed by atoms with Gasteiger partial charge in [0, 0.05) is 31.0 Å². The molecule has 154 valence electrons. The van der Waals surface area contributed by atoms with Gasteiger partial charge in [0.05, 0.1) is 12.2 Å². The molecule has 0 aliphatic carbocycles. The first-order valence-corrected chi connectivity index (χ1v) is 9.86. The number of carbonyl (C=O) groups is 2. The second-order valence-electron chi connectivity index (χ2n) is 6.94. The molecule has 2 amide bonds. The fourth-order valence-corrected chi connectivity index (χ4v) is 2.82. The highest BCUT2D eigenvalue weighted by atomic mass is 16.5. The number of rotatable bonds is 9. The first-order chi connectivity index (χ1) is 14.6. The number of pyridine rings is 1. The Hall–Kier alpha value is -3.67. The van der Waals surface area contributed by atoms with Gasteiger partial charge < -0.3 is 15.4 Å². The quantitative estimate of drug-likeness (QED) is 0.527. The predicted octanol–water partition coefficient (Wildman–Crippen LogP) is 4.12. The average Bonchev–Trinajstić information content (AvgIpc) is 2.77. The number of aryl methyl sites for hydroxylation is 1. The van der Waals surface area contributed by atoms with Crippen molar-refractivity contribution in [3.8, 4) is 5.75 Å². The van der Waals surface area contributed by atoms with Crippen LogP contribution >= 0.6 is 0 Å². The molecule has 0 spiro atoms. The van der Waals surface area contributed by atoms with Crippen LogP contribution in [0.25, 0.3) is 0 Å². The Morgan fingerprint density at radius 1 is 1.03 bits per heavy atom. The third-order valence-electron chi connectivity index (χ3n) is 4.43. The van der Waals surface area contributed by atoms with Gasteiger partial charge in [-0.2, -0.15) is 0 Å². The molecule has 0 saturated carbocycles. The molecule has 2 aromatic carbocycles. The summed E-state index contributed by atoms with van der Waals surface area (Å²) in [6.07, 6.45) is 4.14. The SMILES string of the molecule is Cc1ccc(OCCCC(=O)Nc2cccc(CNC(=O)c3cccnc3)c2)cc1. The number of carbonyl (C=O) groups excluding carboxylic acids is 2. The summed E-state index contributed by atoms with van der Waals surface area (Å²) < 4.78 is 5.65. The highest BCUT2D eigenvalue weighted by molar-refractivity contribution is 5.93. The van der Waals surface area contributed by atoms with Gasteiger partial charge in [0.15, 0.2) is 0 Å². The van der Waals surface area contributed by atoms with Gasteiger partial charge in [-0.15, -0.1) is 0 Å². The summed E-state index contributed by atoms with van der Waals surface area (Å²) in [5, 5.41) is 5.74. The van der Waals surface area contributed by atoms with E-state index in [0.717, 1.165) is 11.3 Å². The third kappa shape index (κ3) is 6.74. The Morgan fingerprint density at radius 3 is 2.63 bits per heavy atom. The van der Waals surface area contributed by atoms with E-state index in [-0.39, 0.29) is 11.8 Å². The Labute approximate surface area is 176 Å². The smallest absolute Gasteiger partial charge is 0.253 e. The molecule has 0 unspecified atom stereocenters. The van der Waals surface area contributed by atoms with E-state index in [1.807, 2.05) is 55.5 Å². The Morgan fingerprint density at radius 2 is 1.87 bits per heavy atom. The van der Waals surface area contributed by atoms with Crippen molar-refractivity contribution in [3.05, 3.63) is 89.7 Å². The standard InChI is InChI=1S/C24H25N3O3/c1-18-9-11-22(12-10-18)30-14-4-8-23(28)27-21-7-2-5-19(15-21)16-26-24(29)20-6-3-13-25-17-20/h2-3,5-7,9-13,15,17H,4,8,14,16H2,1H3,(H,26,29)(H,27,28). The lowest BCUT2D eigenvalue weighted by atomic mass is 10.2. The maximum absolute atomic E-state index is 12.2. The molecule has 6 heteroatoms. The van der Waals surface area contributed by atoms with E-state index in [9.17, 15) is 9.59 Å². The lowest BCUT2D eigenvalue weighted by molar-refractivity contribution is -0.116. The van der Waals surface area contributed by atoms with Gasteiger partial charge in [0.1, 0.15) is 5.75 Å². The molecular formula is C24H25N3O3. The lowest BCUT2D eigenvalue weighted by Crippen LogP contribution is -2.23. The van der Waals surface area contributed by atoms with Crippen LogP contribution in [0.3, 0.4) is 0 Å². The van der Waals surface area contributed by atoms with Crippen molar-refractivity contribution in [1.82, 2.24) is 10.3 Å². The highest BCUT2D eigenvalue weighted by Gasteiger charge is 2.06. The van der Waals surface area contributed by atoms with Crippen molar-refractivity contribution in [1.29, 1.82) is 0 Å². The van der Waals surface area contributed by atoms with Gasteiger partial charge in [-0.1, -0.05) is 29.8 Å². The van der Waals surface area contributed by atoms with E-state index in [2.05, 4.69) is 15.6 Å². The maximum atomic E-state index is 12.2. The number of ether oxygens (including phenoxy) is 1. The van der Waals surface area contributed by atoms with Crippen LogP contribution in [0.4, 0.5) is 5.69 Å². The molecule has 0 aliphatic heterocycles. The van der Waals surface area contributed by atoms with Crippen molar-refractivity contribution in [3.63, 3.8) is 0 Å². The van der Waals surface area contributed by atoms with E-state index in [0.29, 0.717) is 37.2 Å². The molecule has 0 aliphatic rings. The summed E-state index contributed by atoms with van der Waals surface area (Å²) in [4.78, 5) is 28.2. The van der Waals surface area contributed by atoms with E-state index in [1.54, 1.807) is 18.3 Å². The zero-order valence-corrected chi connectivity index (χ0v) is 16.9. The number of hydrogen-bond donors (Lipinski definition) is 2. The van der Waals surface area contributed by atoms with Crippen molar-refractivity contribution < 1.29 is 14.3 Å². The van der Waals surface area contributed by atoms with Crippen LogP contribution in [0.1, 0.15) is 34.3 Å². The molecule has 30 heavy (non-hydrogen) atoms. The fraction of sp³-hybridized carbons (Fsp3) is 0.208. The average molecular weight is 403 g/mol. The Bertz CT molecular complexity index is 973. The van der Waals surface area contributed by atoms with E-state index in [1.165, 1.54) is 11.8 Å². The van der Waals surface area contributed by atoms with Crippen molar-refractivity contribution in [2.45, 2.75) is 26.3 Å². The molecular weight excluding hydrogens is 378 g/mol. The van der Waals surface area contributed by atoms with Crippen LogP contribution in [-0.2, 0) is 11.3 Å². The molecule has 6 nitrogen and oxygen atoms in total.